The van der Waals surface area contributed by atoms with Crippen LogP contribution in [0, 0.1) is 37.1 Å². The van der Waals surface area contributed by atoms with E-state index in [1.54, 1.807) is 6.07 Å². The van der Waals surface area contributed by atoms with E-state index in [1.165, 1.54) is 31.0 Å². The van der Waals surface area contributed by atoms with Crippen molar-refractivity contribution in [2.45, 2.75) is 39.5 Å². The van der Waals surface area contributed by atoms with Crippen molar-refractivity contribution in [3.05, 3.63) is 49.5 Å². The predicted molar refractivity (Wildman–Crippen MR) is 76.2 cm³/mol. The molecule has 1 radical (unpaired) electrons. The van der Waals surface area contributed by atoms with Gasteiger partial charge in [0.15, 0.2) is 0 Å². The number of hydrogen-bond donors (Lipinski definition) is 0. The molecule has 0 fully saturated rings. The number of unbranched alkanes of at least 4 members (excludes halogenated alkanes) is 2. The van der Waals surface area contributed by atoms with Crippen molar-refractivity contribution < 1.29 is 23.9 Å². The summed E-state index contributed by atoms with van der Waals surface area (Å²) < 4.78 is 12.1. The zero-order chi connectivity index (χ0) is 13.5. The Balaban J connectivity index is -0.0000000975. The molecular weight excluding hydrogens is 286 g/mol. The minimum Gasteiger partial charge on any atom is -0.343 e. The Kier molecular flexibility index (Phi) is 33.0. The Morgan fingerprint density at radius 2 is 1.63 bits per heavy atom. The van der Waals surface area contributed by atoms with Crippen LogP contribution in [0.1, 0.15) is 45.1 Å². The fourth-order valence-corrected chi connectivity index (χ4v) is 0.506. The van der Waals surface area contributed by atoms with Gasteiger partial charge in [0.1, 0.15) is 0 Å². The maximum atomic E-state index is 12.1. The van der Waals surface area contributed by atoms with Crippen molar-refractivity contribution in [3.63, 3.8) is 0 Å². The SMILES string of the molecule is N#Cc1[c-]c(F)ccc1.[CH2-]CCC.[CH2-]CCC.[Li].[Zn]. The van der Waals surface area contributed by atoms with Crippen LogP contribution in [0.4, 0.5) is 4.39 Å². The summed E-state index contributed by atoms with van der Waals surface area (Å²) in [6.07, 6.45) is 4.56. The van der Waals surface area contributed by atoms with Gasteiger partial charge in [-0.3, -0.25) is 5.26 Å². The molecular formula is C15H21FLiNZn-3. The summed E-state index contributed by atoms with van der Waals surface area (Å²) in [5.74, 6) is -0.492. The summed E-state index contributed by atoms with van der Waals surface area (Å²) in [5, 5.41) is 8.21. The summed E-state index contributed by atoms with van der Waals surface area (Å²) in [6.45, 7) is 11.4. The molecule has 19 heavy (non-hydrogen) atoms. The van der Waals surface area contributed by atoms with E-state index < -0.39 is 5.82 Å². The van der Waals surface area contributed by atoms with Crippen LogP contribution in [-0.2, 0) is 19.5 Å². The summed E-state index contributed by atoms with van der Waals surface area (Å²) in [7, 11) is 0. The molecule has 0 aromatic heterocycles. The Bertz CT molecular complexity index is 305. The van der Waals surface area contributed by atoms with Crippen molar-refractivity contribution >= 4 is 18.9 Å². The quantitative estimate of drug-likeness (QED) is 0.588. The third-order valence-corrected chi connectivity index (χ3v) is 1.59. The summed E-state index contributed by atoms with van der Waals surface area (Å²) >= 11 is 0. The average Bonchev–Trinajstić information content (AvgIpc) is 2.39. The van der Waals surface area contributed by atoms with E-state index >= 15 is 0 Å². The van der Waals surface area contributed by atoms with E-state index in [0.29, 0.717) is 0 Å². The molecule has 0 heterocycles. The first kappa shape index (κ1) is 27.2. The number of rotatable bonds is 2. The Morgan fingerprint density at radius 3 is 1.84 bits per heavy atom. The second-order valence-corrected chi connectivity index (χ2v) is 3.23. The van der Waals surface area contributed by atoms with Crippen LogP contribution in [0.2, 0.25) is 0 Å². The zero-order valence-electron chi connectivity index (χ0n) is 12.5. The van der Waals surface area contributed by atoms with Gasteiger partial charge in [-0.1, -0.05) is 38.3 Å². The number of nitriles is 1. The summed E-state index contributed by atoms with van der Waals surface area (Å²) in [6, 6.07) is 8.23. The van der Waals surface area contributed by atoms with Crippen LogP contribution in [0.25, 0.3) is 0 Å². The second-order valence-electron chi connectivity index (χ2n) is 3.23. The molecule has 1 rings (SSSR count). The molecule has 0 aliphatic carbocycles. The first-order valence-corrected chi connectivity index (χ1v) is 5.82. The Morgan fingerprint density at radius 1 is 1.21 bits per heavy atom. The minimum atomic E-state index is -0.492. The van der Waals surface area contributed by atoms with Crippen LogP contribution in [0.5, 0.6) is 0 Å². The van der Waals surface area contributed by atoms with Gasteiger partial charge in [0.25, 0.3) is 0 Å². The van der Waals surface area contributed by atoms with E-state index in [0.717, 1.165) is 12.8 Å². The maximum Gasteiger partial charge on any atom is 0.0410 e. The molecule has 0 N–H and O–H groups in total. The van der Waals surface area contributed by atoms with E-state index in [2.05, 4.69) is 33.8 Å². The van der Waals surface area contributed by atoms with Crippen LogP contribution < -0.4 is 0 Å². The van der Waals surface area contributed by atoms with Crippen LogP contribution in [0.3, 0.4) is 0 Å². The van der Waals surface area contributed by atoms with Crippen molar-refractivity contribution in [3.8, 4) is 6.07 Å². The largest absolute Gasteiger partial charge is 0.343 e. The normalized spacial score (nSPS) is 7.16. The van der Waals surface area contributed by atoms with E-state index in [9.17, 15) is 4.39 Å². The molecule has 0 spiro atoms. The van der Waals surface area contributed by atoms with Gasteiger partial charge >= 0.3 is 0 Å². The monoisotopic (exact) mass is 305 g/mol. The number of halogens is 1. The van der Waals surface area contributed by atoms with Crippen molar-refractivity contribution in [2.24, 2.45) is 0 Å². The third-order valence-electron chi connectivity index (χ3n) is 1.59. The Labute approximate surface area is 142 Å². The van der Waals surface area contributed by atoms with Crippen molar-refractivity contribution in [2.75, 3.05) is 0 Å². The fourth-order valence-electron chi connectivity index (χ4n) is 0.506. The molecule has 0 bridgehead atoms. The molecule has 1 nitrogen and oxygen atoms in total. The standard InChI is InChI=1S/C7H3FN.2C4H9.Li.Zn/c8-7-3-1-2-6(4-7)5-9;2*1-3-4-2;;/h1-3H;2*1,3-4H2,2H3;;/q3*-1;;. The van der Waals surface area contributed by atoms with Gasteiger partial charge in [0.2, 0.25) is 0 Å². The molecule has 1 aromatic carbocycles. The molecule has 99 valence electrons. The van der Waals surface area contributed by atoms with Crippen molar-refractivity contribution in [1.82, 2.24) is 0 Å². The fraction of sp³-hybridized carbons (Fsp3) is 0.400. The van der Waals surface area contributed by atoms with Gasteiger partial charge in [0, 0.05) is 44.2 Å². The average molecular weight is 307 g/mol. The van der Waals surface area contributed by atoms with Gasteiger partial charge < -0.3 is 13.8 Å². The van der Waals surface area contributed by atoms with E-state index in [-0.39, 0.29) is 43.9 Å². The van der Waals surface area contributed by atoms with Crippen LogP contribution in [0.15, 0.2) is 18.2 Å². The second kappa shape index (κ2) is 23.0. The van der Waals surface area contributed by atoms with Gasteiger partial charge in [-0.15, -0.1) is 18.2 Å². The van der Waals surface area contributed by atoms with Crippen LogP contribution in [-0.4, -0.2) is 18.9 Å². The molecule has 0 unspecified atom stereocenters. The van der Waals surface area contributed by atoms with Gasteiger partial charge in [-0.05, 0) is 6.07 Å². The zero-order valence-corrected chi connectivity index (χ0v) is 15.5. The van der Waals surface area contributed by atoms with Gasteiger partial charge in [0.05, 0.1) is 0 Å². The number of hydrogen-bond acceptors (Lipinski definition) is 1. The first-order chi connectivity index (χ1) is 8.15. The first-order valence-electron chi connectivity index (χ1n) is 5.82. The minimum absolute atomic E-state index is 0. The van der Waals surface area contributed by atoms with Crippen LogP contribution >= 0.6 is 0 Å². The molecule has 4 heteroatoms. The van der Waals surface area contributed by atoms with Gasteiger partial charge in [-0.2, -0.15) is 12.8 Å². The molecule has 0 atom stereocenters. The summed E-state index contributed by atoms with van der Waals surface area (Å²) in [5.41, 5.74) is 0.231. The Hall–Kier alpha value is -0.139. The molecule has 0 aliphatic heterocycles. The van der Waals surface area contributed by atoms with Gasteiger partial charge in [-0.25, -0.2) is 4.39 Å². The topological polar surface area (TPSA) is 23.8 Å². The molecule has 0 saturated heterocycles. The molecule has 0 saturated carbocycles. The predicted octanol–water partition coefficient (Wildman–Crippen LogP) is 4.36. The molecule has 1 aromatic rings. The molecule has 0 aliphatic rings. The van der Waals surface area contributed by atoms with E-state index in [4.69, 9.17) is 5.26 Å². The third kappa shape index (κ3) is 23.4. The van der Waals surface area contributed by atoms with Crippen molar-refractivity contribution in [1.29, 1.82) is 5.26 Å². The number of nitrogens with zero attached hydrogens (tertiary/aromatic N) is 1. The summed E-state index contributed by atoms with van der Waals surface area (Å²) in [4.78, 5) is 0. The van der Waals surface area contributed by atoms with E-state index in [1.807, 2.05) is 0 Å². The molecule has 0 amide bonds. The maximum absolute atomic E-state index is 12.1. The smallest absolute Gasteiger partial charge is 0.0410 e. The number of benzene rings is 1.